The number of hydrogen-bond acceptors (Lipinski definition) is 2. The lowest BCUT2D eigenvalue weighted by molar-refractivity contribution is -0.142. The van der Waals surface area contributed by atoms with E-state index in [1.165, 1.54) is 0 Å². The van der Waals surface area contributed by atoms with Crippen molar-refractivity contribution in [3.05, 3.63) is 0 Å². The average Bonchev–Trinajstić information content (AvgIpc) is 2.30. The zero-order valence-electron chi connectivity index (χ0n) is 6.66. The van der Waals surface area contributed by atoms with E-state index in [1.54, 1.807) is 0 Å². The third-order valence-corrected chi connectivity index (χ3v) is 2.73. The van der Waals surface area contributed by atoms with Gasteiger partial charge in [0.15, 0.2) is 0 Å². The highest BCUT2D eigenvalue weighted by Crippen LogP contribution is 2.28. The molecule has 0 saturated carbocycles. The van der Waals surface area contributed by atoms with Gasteiger partial charge in [0.05, 0.1) is 5.92 Å². The van der Waals surface area contributed by atoms with Gasteiger partial charge < -0.3 is 5.11 Å². The summed E-state index contributed by atoms with van der Waals surface area (Å²) in [6.07, 6.45) is 0.960. The maximum Gasteiger partial charge on any atom is 0.308 e. The summed E-state index contributed by atoms with van der Waals surface area (Å²) in [4.78, 5) is 10.7. The summed E-state index contributed by atoms with van der Waals surface area (Å²) in [6.45, 7) is 3.63. The van der Waals surface area contributed by atoms with Crippen molar-refractivity contribution >= 4 is 15.4 Å². The van der Waals surface area contributed by atoms with Gasteiger partial charge in [0.25, 0.3) is 0 Å². The van der Waals surface area contributed by atoms with E-state index in [1.807, 2.05) is 11.6 Å². The molecule has 11 heavy (non-hydrogen) atoms. The van der Waals surface area contributed by atoms with E-state index in [9.17, 15) is 4.79 Å². The first-order chi connectivity index (χ1) is 5.15. The SMILES string of the molecule is CCC1CN(P)CC1C(=O)O. The number of nitrogens with zero attached hydrogens (tertiary/aromatic N) is 1. The van der Waals surface area contributed by atoms with Crippen LogP contribution in [0.15, 0.2) is 0 Å². The van der Waals surface area contributed by atoms with Gasteiger partial charge in [-0.2, -0.15) is 0 Å². The van der Waals surface area contributed by atoms with Gasteiger partial charge in [-0.05, 0) is 5.92 Å². The number of carboxylic acid groups (broad SMARTS) is 1. The molecule has 0 radical (unpaired) electrons. The maximum absolute atomic E-state index is 10.7. The molecule has 4 heteroatoms. The van der Waals surface area contributed by atoms with Crippen LogP contribution in [0.25, 0.3) is 0 Å². The van der Waals surface area contributed by atoms with Gasteiger partial charge in [-0.1, -0.05) is 22.7 Å². The van der Waals surface area contributed by atoms with Crippen molar-refractivity contribution in [3.63, 3.8) is 0 Å². The molecule has 0 amide bonds. The van der Waals surface area contributed by atoms with Gasteiger partial charge >= 0.3 is 5.97 Å². The Bertz CT molecular complexity index is 163. The van der Waals surface area contributed by atoms with Gasteiger partial charge in [-0.25, -0.2) is 0 Å². The Labute approximate surface area is 69.0 Å². The minimum atomic E-state index is -0.651. The van der Waals surface area contributed by atoms with E-state index in [-0.39, 0.29) is 5.92 Å². The van der Waals surface area contributed by atoms with E-state index in [0.717, 1.165) is 13.0 Å². The highest BCUT2D eigenvalue weighted by molar-refractivity contribution is 7.13. The lowest BCUT2D eigenvalue weighted by Gasteiger charge is -2.10. The molecule has 0 aromatic heterocycles. The van der Waals surface area contributed by atoms with Crippen molar-refractivity contribution in [1.29, 1.82) is 0 Å². The fourth-order valence-electron chi connectivity index (χ4n) is 1.60. The average molecular weight is 175 g/mol. The van der Waals surface area contributed by atoms with Gasteiger partial charge in [0, 0.05) is 13.1 Å². The summed E-state index contributed by atoms with van der Waals surface area (Å²) in [5, 5.41) is 8.80. The lowest BCUT2D eigenvalue weighted by atomic mass is 9.94. The molecule has 3 atom stereocenters. The largest absolute Gasteiger partial charge is 0.481 e. The molecule has 0 aromatic carbocycles. The van der Waals surface area contributed by atoms with Crippen LogP contribution < -0.4 is 0 Å². The second-order valence-electron chi connectivity index (χ2n) is 3.07. The fourth-order valence-corrected chi connectivity index (χ4v) is 2.10. The fraction of sp³-hybridized carbons (Fsp3) is 0.857. The smallest absolute Gasteiger partial charge is 0.308 e. The number of aliphatic carboxylic acids is 1. The molecule has 1 saturated heterocycles. The molecular weight excluding hydrogens is 161 g/mol. The molecule has 1 fully saturated rings. The monoisotopic (exact) mass is 175 g/mol. The molecule has 0 aliphatic carbocycles. The zero-order valence-corrected chi connectivity index (χ0v) is 7.81. The molecule has 0 bridgehead atoms. The molecule has 1 heterocycles. The molecule has 3 unspecified atom stereocenters. The normalized spacial score (nSPS) is 32.5. The van der Waals surface area contributed by atoms with E-state index in [4.69, 9.17) is 5.11 Å². The van der Waals surface area contributed by atoms with Crippen LogP contribution in [-0.2, 0) is 4.79 Å². The van der Waals surface area contributed by atoms with Gasteiger partial charge in [0.2, 0.25) is 0 Å². The molecular formula is C7H14NO2P. The first-order valence-electron chi connectivity index (χ1n) is 3.87. The molecule has 0 spiro atoms. The number of rotatable bonds is 2. The van der Waals surface area contributed by atoms with Crippen molar-refractivity contribution in [2.75, 3.05) is 13.1 Å². The summed E-state index contributed by atoms with van der Waals surface area (Å²) in [7, 11) is 2.56. The van der Waals surface area contributed by atoms with E-state index in [2.05, 4.69) is 9.39 Å². The highest BCUT2D eigenvalue weighted by atomic mass is 31.0. The van der Waals surface area contributed by atoms with Crippen LogP contribution in [0.1, 0.15) is 13.3 Å². The molecule has 1 N–H and O–H groups in total. The Kier molecular flexibility index (Phi) is 2.85. The summed E-state index contributed by atoms with van der Waals surface area (Å²) in [6, 6.07) is 0. The first kappa shape index (κ1) is 8.95. The summed E-state index contributed by atoms with van der Waals surface area (Å²) < 4.78 is 2.01. The Hall–Kier alpha value is -0.140. The van der Waals surface area contributed by atoms with Crippen LogP contribution in [0.3, 0.4) is 0 Å². The van der Waals surface area contributed by atoms with Crippen molar-refractivity contribution in [3.8, 4) is 0 Å². The van der Waals surface area contributed by atoms with Crippen molar-refractivity contribution in [1.82, 2.24) is 4.67 Å². The molecule has 1 rings (SSSR count). The van der Waals surface area contributed by atoms with E-state index < -0.39 is 5.97 Å². The number of hydrogen-bond donors (Lipinski definition) is 1. The Morgan fingerprint density at radius 3 is 2.73 bits per heavy atom. The lowest BCUT2D eigenvalue weighted by Crippen LogP contribution is -2.21. The standard InChI is InChI=1S/C7H14NO2P/c1-2-5-3-8(11)4-6(5)7(9)10/h5-6H,2-4,11H2,1H3,(H,9,10). The summed E-state index contributed by atoms with van der Waals surface area (Å²) >= 11 is 0. The van der Waals surface area contributed by atoms with Gasteiger partial charge in [0.1, 0.15) is 0 Å². The second-order valence-corrected chi connectivity index (χ2v) is 3.80. The minimum Gasteiger partial charge on any atom is -0.481 e. The number of carbonyl (C=O) groups is 1. The summed E-state index contributed by atoms with van der Waals surface area (Å²) in [5.41, 5.74) is 0. The number of carboxylic acids is 1. The van der Waals surface area contributed by atoms with Gasteiger partial charge in [-0.15, -0.1) is 0 Å². The second kappa shape index (κ2) is 3.51. The summed E-state index contributed by atoms with van der Waals surface area (Å²) in [5.74, 6) is -0.468. The van der Waals surface area contributed by atoms with Crippen LogP contribution in [0, 0.1) is 11.8 Å². The quantitative estimate of drug-likeness (QED) is 0.631. The molecule has 3 nitrogen and oxygen atoms in total. The molecule has 0 aromatic rings. The highest BCUT2D eigenvalue weighted by Gasteiger charge is 2.34. The van der Waals surface area contributed by atoms with Crippen LogP contribution >= 0.6 is 9.39 Å². The zero-order chi connectivity index (χ0) is 8.43. The van der Waals surface area contributed by atoms with Crippen molar-refractivity contribution in [2.45, 2.75) is 13.3 Å². The Balaban J connectivity index is 2.57. The van der Waals surface area contributed by atoms with Crippen molar-refractivity contribution in [2.24, 2.45) is 11.8 Å². The topological polar surface area (TPSA) is 40.5 Å². The predicted octanol–water partition coefficient (Wildman–Crippen LogP) is 0.819. The van der Waals surface area contributed by atoms with Crippen LogP contribution in [0.4, 0.5) is 0 Å². The minimum absolute atomic E-state index is 0.155. The van der Waals surface area contributed by atoms with Gasteiger partial charge in [-0.3, -0.25) is 9.46 Å². The Morgan fingerprint density at radius 1 is 1.73 bits per heavy atom. The predicted molar refractivity (Wildman–Crippen MR) is 46.2 cm³/mol. The van der Waals surface area contributed by atoms with Crippen molar-refractivity contribution < 1.29 is 9.90 Å². The Morgan fingerprint density at radius 2 is 2.36 bits per heavy atom. The van der Waals surface area contributed by atoms with Crippen LogP contribution in [-0.4, -0.2) is 28.8 Å². The van der Waals surface area contributed by atoms with Crippen LogP contribution in [0.5, 0.6) is 0 Å². The van der Waals surface area contributed by atoms with E-state index >= 15 is 0 Å². The third kappa shape index (κ3) is 1.91. The van der Waals surface area contributed by atoms with E-state index in [0.29, 0.717) is 12.5 Å². The third-order valence-electron chi connectivity index (χ3n) is 2.31. The first-order valence-corrected chi connectivity index (χ1v) is 4.39. The molecule has 1 aliphatic rings. The van der Waals surface area contributed by atoms with Crippen LogP contribution in [0.2, 0.25) is 0 Å². The molecule has 1 aliphatic heterocycles. The maximum atomic E-state index is 10.7. The molecule has 64 valence electrons.